The molecule has 0 atom stereocenters. The Kier molecular flexibility index (Phi) is 7.18. The molecule has 1 aromatic rings. The van der Waals surface area contributed by atoms with Crippen LogP contribution in [0.3, 0.4) is 0 Å². The summed E-state index contributed by atoms with van der Waals surface area (Å²) in [5, 5.41) is 7.54. The number of thioether (sulfide) groups is 1. The average molecular weight is 390 g/mol. The molecule has 3 rings (SSSR count). The number of aryl methyl sites for hydroxylation is 1. The zero-order chi connectivity index (χ0) is 19.1. The number of carbonyl (C=O) groups excluding carboxylic acids is 2. The molecule has 1 saturated heterocycles. The first-order valence-electron chi connectivity index (χ1n) is 9.50. The Balaban J connectivity index is 1.52. The lowest BCUT2D eigenvalue weighted by atomic mass is 10.1. The van der Waals surface area contributed by atoms with E-state index in [0.717, 1.165) is 24.3 Å². The number of anilines is 1. The molecular formula is C20H27N3O3S. The van der Waals surface area contributed by atoms with E-state index in [1.165, 1.54) is 25.9 Å². The van der Waals surface area contributed by atoms with Crippen LogP contribution in [0.2, 0.25) is 0 Å². The van der Waals surface area contributed by atoms with Crippen molar-refractivity contribution in [2.45, 2.75) is 26.2 Å². The number of nitrogens with zero attached hydrogens (tertiary/aromatic N) is 1. The third kappa shape index (κ3) is 5.74. The summed E-state index contributed by atoms with van der Waals surface area (Å²) in [4.78, 5) is 27.2. The van der Waals surface area contributed by atoms with Crippen LogP contribution >= 0.6 is 11.8 Å². The molecule has 0 aromatic heterocycles. The number of benzene rings is 1. The second-order valence-corrected chi connectivity index (χ2v) is 7.82. The fourth-order valence-electron chi connectivity index (χ4n) is 3.18. The van der Waals surface area contributed by atoms with Crippen molar-refractivity contribution in [3.8, 4) is 0 Å². The van der Waals surface area contributed by atoms with Crippen LogP contribution in [0.15, 0.2) is 29.4 Å². The molecule has 2 N–H and O–H groups in total. The van der Waals surface area contributed by atoms with Gasteiger partial charge in [0, 0.05) is 29.0 Å². The van der Waals surface area contributed by atoms with Crippen LogP contribution in [0.4, 0.5) is 5.69 Å². The predicted molar refractivity (Wildman–Crippen MR) is 109 cm³/mol. The van der Waals surface area contributed by atoms with Gasteiger partial charge in [-0.1, -0.05) is 6.07 Å². The predicted octanol–water partition coefficient (Wildman–Crippen LogP) is 2.75. The standard InChI is InChI=1S/C20H27N3O3S/c1-15-5-6-16(19(24)21-7-4-10-23-8-2-3-9-23)13-17(15)22-20(25)18-14-27-12-11-26-18/h5-6,13-14H,2-4,7-12H2,1H3,(H,21,24)(H,22,25). The van der Waals surface area contributed by atoms with E-state index in [4.69, 9.17) is 4.74 Å². The molecule has 0 radical (unpaired) electrons. The maximum Gasteiger partial charge on any atom is 0.291 e. The second kappa shape index (κ2) is 9.80. The highest BCUT2D eigenvalue weighted by atomic mass is 32.2. The van der Waals surface area contributed by atoms with Crippen molar-refractivity contribution in [2.24, 2.45) is 0 Å². The minimum Gasteiger partial charge on any atom is -0.487 e. The first-order valence-corrected chi connectivity index (χ1v) is 10.6. The molecule has 146 valence electrons. The SMILES string of the molecule is Cc1ccc(C(=O)NCCCN2CCCC2)cc1NC(=O)C1=CSCCO1. The summed E-state index contributed by atoms with van der Waals surface area (Å²) in [5.74, 6) is 0.773. The van der Waals surface area contributed by atoms with Gasteiger partial charge in [-0.05, 0) is 63.5 Å². The molecule has 0 aliphatic carbocycles. The van der Waals surface area contributed by atoms with Gasteiger partial charge in [-0.15, -0.1) is 11.8 Å². The monoisotopic (exact) mass is 389 g/mol. The summed E-state index contributed by atoms with van der Waals surface area (Å²) in [6.45, 7) is 6.47. The Bertz CT molecular complexity index is 714. The number of carbonyl (C=O) groups is 2. The lowest BCUT2D eigenvalue weighted by Gasteiger charge is -2.16. The fourth-order valence-corrected chi connectivity index (χ4v) is 3.81. The van der Waals surface area contributed by atoms with Crippen LogP contribution in [0.5, 0.6) is 0 Å². The average Bonchev–Trinajstić information content (AvgIpc) is 3.21. The number of hydrogen-bond acceptors (Lipinski definition) is 5. The Hall–Kier alpha value is -1.99. The van der Waals surface area contributed by atoms with Crippen LogP contribution in [0.25, 0.3) is 0 Å². The van der Waals surface area contributed by atoms with Crippen LogP contribution in [-0.2, 0) is 9.53 Å². The van der Waals surface area contributed by atoms with Crippen LogP contribution < -0.4 is 10.6 Å². The number of amides is 2. The molecule has 0 saturated carbocycles. The fraction of sp³-hybridized carbons (Fsp3) is 0.500. The Morgan fingerprint density at radius 1 is 1.22 bits per heavy atom. The molecule has 0 bridgehead atoms. The zero-order valence-electron chi connectivity index (χ0n) is 15.8. The van der Waals surface area contributed by atoms with Gasteiger partial charge in [-0.25, -0.2) is 0 Å². The van der Waals surface area contributed by atoms with Crippen LogP contribution in [-0.4, -0.2) is 55.3 Å². The summed E-state index contributed by atoms with van der Waals surface area (Å²) in [5.41, 5.74) is 2.08. The third-order valence-electron chi connectivity index (χ3n) is 4.76. The largest absolute Gasteiger partial charge is 0.487 e. The quantitative estimate of drug-likeness (QED) is 0.702. The second-order valence-electron chi connectivity index (χ2n) is 6.84. The van der Waals surface area contributed by atoms with E-state index >= 15 is 0 Å². The number of nitrogens with one attached hydrogen (secondary N) is 2. The highest BCUT2D eigenvalue weighted by Crippen LogP contribution is 2.20. The highest BCUT2D eigenvalue weighted by Gasteiger charge is 2.16. The van der Waals surface area contributed by atoms with Gasteiger partial charge in [0.15, 0.2) is 5.76 Å². The first kappa shape index (κ1) is 19.8. The number of hydrogen-bond donors (Lipinski definition) is 2. The van der Waals surface area contributed by atoms with Gasteiger partial charge in [0.25, 0.3) is 11.8 Å². The van der Waals surface area contributed by atoms with E-state index in [0.29, 0.717) is 30.2 Å². The van der Waals surface area contributed by atoms with Gasteiger partial charge in [-0.2, -0.15) is 0 Å². The zero-order valence-corrected chi connectivity index (χ0v) is 16.6. The summed E-state index contributed by atoms with van der Waals surface area (Å²) in [6, 6.07) is 5.35. The maximum atomic E-state index is 12.4. The van der Waals surface area contributed by atoms with Crippen LogP contribution in [0.1, 0.15) is 35.2 Å². The molecule has 0 spiro atoms. The minimum absolute atomic E-state index is 0.115. The Morgan fingerprint density at radius 2 is 2.04 bits per heavy atom. The smallest absolute Gasteiger partial charge is 0.291 e. The van der Waals surface area contributed by atoms with E-state index in [-0.39, 0.29) is 11.8 Å². The maximum absolute atomic E-state index is 12.4. The van der Waals surface area contributed by atoms with Crippen molar-refractivity contribution < 1.29 is 14.3 Å². The van der Waals surface area contributed by atoms with Crippen molar-refractivity contribution in [1.29, 1.82) is 0 Å². The molecule has 0 unspecified atom stereocenters. The molecule has 2 aliphatic rings. The Morgan fingerprint density at radius 3 is 2.78 bits per heavy atom. The normalized spacial score (nSPS) is 17.1. The van der Waals surface area contributed by atoms with Gasteiger partial charge in [0.05, 0.1) is 6.61 Å². The minimum atomic E-state index is -0.284. The van der Waals surface area contributed by atoms with Crippen molar-refractivity contribution in [3.05, 3.63) is 40.5 Å². The van der Waals surface area contributed by atoms with Crippen LogP contribution in [0, 0.1) is 6.92 Å². The van der Waals surface area contributed by atoms with Gasteiger partial charge in [0.1, 0.15) is 0 Å². The molecule has 27 heavy (non-hydrogen) atoms. The number of ether oxygens (including phenoxy) is 1. The van der Waals surface area contributed by atoms with Crippen molar-refractivity contribution >= 4 is 29.3 Å². The van der Waals surface area contributed by atoms with E-state index in [1.807, 2.05) is 13.0 Å². The molecule has 1 aromatic carbocycles. The van der Waals surface area contributed by atoms with Crippen molar-refractivity contribution in [3.63, 3.8) is 0 Å². The molecule has 1 fully saturated rings. The summed E-state index contributed by atoms with van der Waals surface area (Å²) >= 11 is 1.56. The van der Waals surface area contributed by atoms with Gasteiger partial charge >= 0.3 is 0 Å². The third-order valence-corrected chi connectivity index (χ3v) is 5.54. The van der Waals surface area contributed by atoms with Gasteiger partial charge in [0.2, 0.25) is 0 Å². The Labute approximate surface area is 164 Å². The van der Waals surface area contributed by atoms with E-state index in [1.54, 1.807) is 29.3 Å². The van der Waals surface area contributed by atoms with E-state index in [9.17, 15) is 9.59 Å². The highest BCUT2D eigenvalue weighted by molar-refractivity contribution is 8.02. The van der Waals surface area contributed by atoms with Gasteiger partial charge in [-0.3, -0.25) is 9.59 Å². The molecule has 6 nitrogen and oxygen atoms in total. The molecule has 2 aliphatic heterocycles. The topological polar surface area (TPSA) is 70.7 Å². The van der Waals surface area contributed by atoms with Crippen molar-refractivity contribution in [2.75, 3.05) is 43.9 Å². The number of rotatable bonds is 7. The van der Waals surface area contributed by atoms with Gasteiger partial charge < -0.3 is 20.3 Å². The number of likely N-dealkylation sites (tertiary alicyclic amines) is 1. The summed E-state index contributed by atoms with van der Waals surface area (Å²) in [7, 11) is 0. The molecule has 2 heterocycles. The van der Waals surface area contributed by atoms with Crippen molar-refractivity contribution in [1.82, 2.24) is 10.2 Å². The first-order chi connectivity index (χ1) is 13.1. The van der Waals surface area contributed by atoms with E-state index in [2.05, 4.69) is 15.5 Å². The lowest BCUT2D eigenvalue weighted by molar-refractivity contribution is -0.116. The summed E-state index contributed by atoms with van der Waals surface area (Å²) < 4.78 is 5.38. The lowest BCUT2D eigenvalue weighted by Crippen LogP contribution is -2.28. The van der Waals surface area contributed by atoms with E-state index < -0.39 is 0 Å². The summed E-state index contributed by atoms with van der Waals surface area (Å²) in [6.07, 6.45) is 3.51. The molecule has 7 heteroatoms. The molecule has 2 amide bonds. The molecular weight excluding hydrogens is 362 g/mol.